The molecule has 6 nitrogen and oxygen atoms in total. The number of rotatable bonds is 6. The molecule has 0 aromatic carbocycles. The lowest BCUT2D eigenvalue weighted by molar-refractivity contribution is -0.940. The van der Waals surface area contributed by atoms with E-state index in [4.69, 9.17) is 9.47 Å². The van der Waals surface area contributed by atoms with Gasteiger partial charge >= 0.3 is 11.9 Å². The summed E-state index contributed by atoms with van der Waals surface area (Å²) >= 11 is 0. The van der Waals surface area contributed by atoms with Crippen LogP contribution >= 0.6 is 0 Å². The minimum Gasteiger partial charge on any atom is -0.461 e. The summed E-state index contributed by atoms with van der Waals surface area (Å²) in [5.74, 6) is 2.93. The van der Waals surface area contributed by atoms with Gasteiger partial charge in [-0.25, -0.2) is 0 Å². The third-order valence-electron chi connectivity index (χ3n) is 14.2. The quantitative estimate of drug-likeness (QED) is 0.243. The molecule has 6 fully saturated rings. The zero-order valence-electron chi connectivity index (χ0n) is 28.5. The summed E-state index contributed by atoms with van der Waals surface area (Å²) in [5.41, 5.74) is 0.357. The van der Waals surface area contributed by atoms with Gasteiger partial charge in [0.25, 0.3) is 0 Å². The molecule has 0 radical (unpaired) electrons. The van der Waals surface area contributed by atoms with Gasteiger partial charge in [-0.05, 0) is 119 Å². The van der Waals surface area contributed by atoms with Crippen LogP contribution in [0.1, 0.15) is 125 Å². The van der Waals surface area contributed by atoms with Crippen LogP contribution in [0.5, 0.6) is 0 Å². The standard InChI is InChI=1S/C37H63N2O4/c1-25(2)21-34(41)43-35-32(39(6)19-11-8-12-20-39)23-30-28-14-13-27-22-33(42-26(3)40)31(38-17-9-7-10-18-38)24-37(27,5)29(28)15-16-36(30,35)4/h25,27-33,35H,7-24H2,1-6H3/q+1/t27-,28?,29?,30?,31?,32?,33-,35+,36-,37-/m0/s1. The van der Waals surface area contributed by atoms with Crippen molar-refractivity contribution >= 4 is 11.9 Å². The van der Waals surface area contributed by atoms with E-state index in [1.165, 1.54) is 90.1 Å². The van der Waals surface area contributed by atoms with Crippen molar-refractivity contribution in [3.8, 4) is 0 Å². The van der Waals surface area contributed by atoms with Gasteiger partial charge in [-0.1, -0.05) is 34.1 Å². The van der Waals surface area contributed by atoms with E-state index >= 15 is 0 Å². The second kappa shape index (κ2) is 12.2. The van der Waals surface area contributed by atoms with Gasteiger partial charge < -0.3 is 14.0 Å². The van der Waals surface area contributed by atoms with Crippen molar-refractivity contribution in [3.05, 3.63) is 0 Å². The number of quaternary nitrogens is 1. The summed E-state index contributed by atoms with van der Waals surface area (Å²) in [6.45, 7) is 15.8. The molecule has 6 heteroatoms. The van der Waals surface area contributed by atoms with Crippen LogP contribution in [0.4, 0.5) is 0 Å². The third kappa shape index (κ3) is 5.83. The van der Waals surface area contributed by atoms with E-state index in [1.54, 1.807) is 6.92 Å². The lowest BCUT2D eigenvalue weighted by atomic mass is 9.44. The molecule has 2 saturated heterocycles. The van der Waals surface area contributed by atoms with E-state index < -0.39 is 0 Å². The normalized spacial score (nSPS) is 44.6. The fraction of sp³-hybridized carbons (Fsp3) is 0.946. The highest BCUT2D eigenvalue weighted by molar-refractivity contribution is 5.70. The maximum Gasteiger partial charge on any atom is 0.306 e. The minimum atomic E-state index is -0.109. The van der Waals surface area contributed by atoms with Gasteiger partial charge in [0.15, 0.2) is 6.10 Å². The van der Waals surface area contributed by atoms with Gasteiger partial charge in [-0.3, -0.25) is 14.5 Å². The van der Waals surface area contributed by atoms with Gasteiger partial charge in [-0.15, -0.1) is 0 Å². The van der Waals surface area contributed by atoms with E-state index in [1.807, 2.05) is 0 Å². The first-order chi connectivity index (χ1) is 20.4. The zero-order chi connectivity index (χ0) is 30.6. The highest BCUT2D eigenvalue weighted by Crippen LogP contribution is 2.67. The second-order valence-electron chi connectivity index (χ2n) is 17.3. The highest BCUT2D eigenvalue weighted by Gasteiger charge is 2.67. The molecule has 0 aromatic heterocycles. The second-order valence-corrected chi connectivity index (χ2v) is 17.3. The Bertz CT molecular complexity index is 1020. The predicted octanol–water partition coefficient (Wildman–Crippen LogP) is 6.99. The Labute approximate surface area is 262 Å². The van der Waals surface area contributed by atoms with Crippen LogP contribution < -0.4 is 0 Å². The number of hydrogen-bond acceptors (Lipinski definition) is 5. The summed E-state index contributed by atoms with van der Waals surface area (Å²) in [7, 11) is 2.49. The molecule has 2 heterocycles. The van der Waals surface area contributed by atoms with Gasteiger partial charge in [0.05, 0.1) is 20.1 Å². The molecule has 43 heavy (non-hydrogen) atoms. The monoisotopic (exact) mass is 599 g/mol. The number of carbonyl (C=O) groups excluding carboxylic acids is 2. The molecule has 0 N–H and O–H groups in total. The van der Waals surface area contributed by atoms with Gasteiger partial charge in [-0.2, -0.15) is 0 Å². The summed E-state index contributed by atoms with van der Waals surface area (Å²) < 4.78 is 13.9. The molecule has 2 aliphatic heterocycles. The Balaban J connectivity index is 1.28. The number of likely N-dealkylation sites (tertiary alicyclic amines) is 2. The molecule has 4 saturated carbocycles. The first-order valence-electron chi connectivity index (χ1n) is 18.4. The van der Waals surface area contributed by atoms with Gasteiger partial charge in [0, 0.05) is 31.2 Å². The number of fused-ring (bicyclic) bond motifs is 5. The Morgan fingerprint density at radius 3 is 2.26 bits per heavy atom. The maximum absolute atomic E-state index is 13.3. The average Bonchev–Trinajstić information content (AvgIpc) is 3.26. The van der Waals surface area contributed by atoms with Crippen LogP contribution in [0.15, 0.2) is 0 Å². The van der Waals surface area contributed by atoms with Crippen molar-refractivity contribution in [2.24, 2.45) is 40.4 Å². The van der Waals surface area contributed by atoms with Gasteiger partial charge in [0.1, 0.15) is 12.1 Å². The molecule has 6 aliphatic rings. The number of piperidine rings is 2. The lowest BCUT2D eigenvalue weighted by Gasteiger charge is -2.62. The first-order valence-corrected chi connectivity index (χ1v) is 18.4. The van der Waals surface area contributed by atoms with Gasteiger partial charge in [0.2, 0.25) is 0 Å². The number of nitrogens with zero attached hydrogens (tertiary/aromatic N) is 2. The van der Waals surface area contributed by atoms with Crippen LogP contribution in [-0.2, 0) is 19.1 Å². The topological polar surface area (TPSA) is 55.8 Å². The van der Waals surface area contributed by atoms with E-state index in [2.05, 4.69) is 39.6 Å². The number of hydrogen-bond donors (Lipinski definition) is 0. The van der Waals surface area contributed by atoms with E-state index in [9.17, 15) is 9.59 Å². The van der Waals surface area contributed by atoms with Crippen molar-refractivity contribution < 1.29 is 23.5 Å². The molecule has 10 atom stereocenters. The minimum absolute atomic E-state index is 0.0291. The Kier molecular flexibility index (Phi) is 9.05. The van der Waals surface area contributed by atoms with Crippen LogP contribution in [0.25, 0.3) is 0 Å². The van der Waals surface area contributed by atoms with E-state index in [0.29, 0.717) is 48.1 Å². The smallest absolute Gasteiger partial charge is 0.306 e. The van der Waals surface area contributed by atoms with Crippen molar-refractivity contribution in [1.29, 1.82) is 0 Å². The first kappa shape index (κ1) is 31.8. The number of esters is 2. The summed E-state index contributed by atoms with van der Waals surface area (Å²) in [4.78, 5) is 28.2. The van der Waals surface area contributed by atoms with Crippen LogP contribution in [0, 0.1) is 40.4 Å². The predicted molar refractivity (Wildman–Crippen MR) is 170 cm³/mol. The number of ether oxygens (including phenoxy) is 2. The van der Waals surface area contributed by atoms with Crippen molar-refractivity contribution in [1.82, 2.24) is 4.90 Å². The Hall–Kier alpha value is -1.14. The van der Waals surface area contributed by atoms with Crippen molar-refractivity contribution in [2.45, 2.75) is 149 Å². The molecular weight excluding hydrogens is 536 g/mol. The van der Waals surface area contributed by atoms with E-state index in [0.717, 1.165) is 24.0 Å². The fourth-order valence-electron chi connectivity index (χ4n) is 12.1. The summed E-state index contributed by atoms with van der Waals surface area (Å²) in [5, 5.41) is 0. The molecule has 5 unspecified atom stereocenters. The molecule has 0 bridgehead atoms. The largest absolute Gasteiger partial charge is 0.461 e. The Morgan fingerprint density at radius 2 is 1.58 bits per heavy atom. The zero-order valence-corrected chi connectivity index (χ0v) is 28.5. The number of likely N-dealkylation sites (N-methyl/N-ethyl adjacent to an activating group) is 1. The molecule has 0 spiro atoms. The molecular formula is C37H63N2O4+. The summed E-state index contributed by atoms with van der Waals surface area (Å²) in [6.07, 6.45) is 16.8. The van der Waals surface area contributed by atoms with Crippen LogP contribution in [0.3, 0.4) is 0 Å². The lowest BCUT2D eigenvalue weighted by Crippen LogP contribution is -2.61. The number of carbonyl (C=O) groups is 2. The Morgan fingerprint density at radius 1 is 0.884 bits per heavy atom. The molecule has 6 rings (SSSR count). The van der Waals surface area contributed by atoms with Crippen LogP contribution in [-0.4, -0.2) is 78.8 Å². The molecule has 0 aromatic rings. The highest BCUT2D eigenvalue weighted by atomic mass is 16.5. The SMILES string of the molecule is CC(=O)O[C@H]1C[C@@H]2CCC3C4CC([N+]5(C)CCCCC5)[C@@H](OC(=O)CC(C)C)[C@@]4(C)CCC3[C@@]2(C)CC1N1CCCCC1. The van der Waals surface area contributed by atoms with Crippen molar-refractivity contribution in [2.75, 3.05) is 33.2 Å². The molecule has 0 amide bonds. The fourth-order valence-corrected chi connectivity index (χ4v) is 12.1. The molecule has 244 valence electrons. The summed E-state index contributed by atoms with van der Waals surface area (Å²) in [6, 6.07) is 0.785. The third-order valence-corrected chi connectivity index (χ3v) is 14.2. The van der Waals surface area contributed by atoms with Crippen LogP contribution in [0.2, 0.25) is 0 Å². The van der Waals surface area contributed by atoms with E-state index in [-0.39, 0.29) is 35.0 Å². The molecule has 4 aliphatic carbocycles. The average molecular weight is 600 g/mol. The van der Waals surface area contributed by atoms with Crippen molar-refractivity contribution in [3.63, 3.8) is 0 Å². The maximum atomic E-state index is 13.3.